The highest BCUT2D eigenvalue weighted by atomic mass is 19.4. The van der Waals surface area contributed by atoms with Crippen LogP contribution in [0.5, 0.6) is 11.5 Å². The Kier molecular flexibility index (Phi) is 5.69. The summed E-state index contributed by atoms with van der Waals surface area (Å²) in [5.74, 6) is -0.360. The lowest BCUT2D eigenvalue weighted by Gasteiger charge is -2.36. The van der Waals surface area contributed by atoms with Crippen molar-refractivity contribution in [3.8, 4) is 11.5 Å². The molecule has 4 nitrogen and oxygen atoms in total. The highest BCUT2D eigenvalue weighted by Crippen LogP contribution is 2.39. The maximum absolute atomic E-state index is 14.4. The van der Waals surface area contributed by atoms with Gasteiger partial charge in [0.1, 0.15) is 5.82 Å². The summed E-state index contributed by atoms with van der Waals surface area (Å²) in [6.07, 6.45) is -5.51. The first kappa shape index (κ1) is 17.8. The Bertz CT molecular complexity index is 531. The first-order chi connectivity index (χ1) is 10.9. The van der Waals surface area contributed by atoms with Crippen molar-refractivity contribution < 1.29 is 27.0 Å². The molecule has 1 atom stereocenters. The van der Waals surface area contributed by atoms with E-state index in [2.05, 4.69) is 5.32 Å². The fourth-order valence-electron chi connectivity index (χ4n) is 2.77. The first-order valence-electron chi connectivity index (χ1n) is 7.28. The Morgan fingerprint density at radius 2 is 1.70 bits per heavy atom. The van der Waals surface area contributed by atoms with Crippen LogP contribution in [0.15, 0.2) is 12.1 Å². The molecule has 2 rings (SSSR count). The molecule has 0 amide bonds. The van der Waals surface area contributed by atoms with Gasteiger partial charge in [0.15, 0.2) is 11.5 Å². The van der Waals surface area contributed by atoms with Gasteiger partial charge in [-0.05, 0) is 6.07 Å². The number of hydrogen-bond acceptors (Lipinski definition) is 4. The van der Waals surface area contributed by atoms with E-state index in [1.54, 1.807) is 4.90 Å². The molecule has 0 radical (unpaired) electrons. The van der Waals surface area contributed by atoms with E-state index in [-0.39, 0.29) is 17.1 Å². The summed E-state index contributed by atoms with van der Waals surface area (Å²) in [5, 5.41) is 3.08. The van der Waals surface area contributed by atoms with E-state index >= 15 is 0 Å². The molecule has 0 aromatic heterocycles. The van der Waals surface area contributed by atoms with Crippen LogP contribution in [0.4, 0.5) is 17.6 Å². The second-order valence-electron chi connectivity index (χ2n) is 5.35. The molecule has 1 aromatic rings. The van der Waals surface area contributed by atoms with Crippen LogP contribution in [0.2, 0.25) is 0 Å². The lowest BCUT2D eigenvalue weighted by atomic mass is 9.99. The maximum atomic E-state index is 14.4. The number of piperazine rings is 1. The molecule has 0 aliphatic carbocycles. The summed E-state index contributed by atoms with van der Waals surface area (Å²) in [5.41, 5.74) is -0.0260. The second kappa shape index (κ2) is 7.35. The predicted octanol–water partition coefficient (Wildman–Crippen LogP) is 2.74. The number of alkyl halides is 3. The van der Waals surface area contributed by atoms with Gasteiger partial charge in [-0.25, -0.2) is 4.39 Å². The minimum absolute atomic E-state index is 0.0260. The van der Waals surface area contributed by atoms with Crippen LogP contribution in [-0.4, -0.2) is 51.5 Å². The summed E-state index contributed by atoms with van der Waals surface area (Å²) in [6.45, 7) is 2.00. The number of nitrogens with zero attached hydrogens (tertiary/aromatic N) is 1. The van der Waals surface area contributed by atoms with Crippen molar-refractivity contribution in [3.63, 3.8) is 0 Å². The number of hydrogen-bond donors (Lipinski definition) is 1. The van der Waals surface area contributed by atoms with Crippen molar-refractivity contribution in [2.24, 2.45) is 0 Å². The number of methoxy groups -OCH3 is 2. The fraction of sp³-hybridized carbons (Fsp3) is 0.600. The molecule has 1 fully saturated rings. The summed E-state index contributed by atoms with van der Waals surface area (Å²) in [4.78, 5) is 1.65. The third-order valence-electron chi connectivity index (χ3n) is 3.88. The molecular weight excluding hydrogens is 316 g/mol. The Morgan fingerprint density at radius 3 is 2.22 bits per heavy atom. The van der Waals surface area contributed by atoms with Crippen LogP contribution in [0.3, 0.4) is 0 Å². The lowest BCUT2D eigenvalue weighted by Crippen LogP contribution is -2.46. The molecule has 1 aliphatic heterocycles. The largest absolute Gasteiger partial charge is 0.493 e. The molecule has 130 valence electrons. The average Bonchev–Trinajstić information content (AvgIpc) is 2.52. The highest BCUT2D eigenvalue weighted by molar-refractivity contribution is 5.44. The Hall–Kier alpha value is -1.54. The van der Waals surface area contributed by atoms with Gasteiger partial charge in [0.2, 0.25) is 0 Å². The summed E-state index contributed by atoms with van der Waals surface area (Å²) in [6, 6.07) is 1.28. The zero-order valence-corrected chi connectivity index (χ0v) is 13.0. The zero-order valence-electron chi connectivity index (χ0n) is 13.0. The zero-order chi connectivity index (χ0) is 17.0. The second-order valence-corrected chi connectivity index (χ2v) is 5.35. The fourth-order valence-corrected chi connectivity index (χ4v) is 2.77. The van der Waals surface area contributed by atoms with Gasteiger partial charge in [-0.1, -0.05) is 0 Å². The Balaban J connectivity index is 2.41. The van der Waals surface area contributed by atoms with Crippen LogP contribution >= 0.6 is 0 Å². The standard InChI is InChI=1S/C15H20F4N2O2/c1-22-13-7-10(11(16)8-14(13)23-2)12(9-15(17,18)19)21-5-3-20-4-6-21/h7-8,12,20H,3-6,9H2,1-2H3/t12-/m0/s1. The topological polar surface area (TPSA) is 33.7 Å². The molecule has 1 heterocycles. The van der Waals surface area contributed by atoms with E-state index in [9.17, 15) is 17.6 Å². The molecule has 1 aromatic carbocycles. The summed E-state index contributed by atoms with van der Waals surface area (Å²) >= 11 is 0. The molecular formula is C15H20F4N2O2. The number of halogens is 4. The van der Waals surface area contributed by atoms with Gasteiger partial charge in [-0.15, -0.1) is 0 Å². The van der Waals surface area contributed by atoms with Crippen molar-refractivity contribution in [2.75, 3.05) is 40.4 Å². The first-order valence-corrected chi connectivity index (χ1v) is 7.28. The van der Waals surface area contributed by atoms with Gasteiger partial charge in [0.25, 0.3) is 0 Å². The van der Waals surface area contributed by atoms with E-state index in [0.29, 0.717) is 26.2 Å². The van der Waals surface area contributed by atoms with Crippen molar-refractivity contribution in [2.45, 2.75) is 18.6 Å². The van der Waals surface area contributed by atoms with Gasteiger partial charge < -0.3 is 14.8 Å². The minimum Gasteiger partial charge on any atom is -0.493 e. The molecule has 1 N–H and O–H groups in total. The molecule has 0 unspecified atom stereocenters. The predicted molar refractivity (Wildman–Crippen MR) is 77.4 cm³/mol. The normalized spacial score (nSPS) is 17.8. The van der Waals surface area contributed by atoms with Gasteiger partial charge in [0, 0.05) is 43.9 Å². The van der Waals surface area contributed by atoms with Gasteiger partial charge in [0.05, 0.1) is 20.6 Å². The monoisotopic (exact) mass is 336 g/mol. The van der Waals surface area contributed by atoms with Crippen molar-refractivity contribution >= 4 is 0 Å². The lowest BCUT2D eigenvalue weighted by molar-refractivity contribution is -0.149. The minimum atomic E-state index is -4.39. The van der Waals surface area contributed by atoms with Crippen molar-refractivity contribution in [1.29, 1.82) is 0 Å². The van der Waals surface area contributed by atoms with E-state index in [0.717, 1.165) is 6.07 Å². The third-order valence-corrected chi connectivity index (χ3v) is 3.88. The van der Waals surface area contributed by atoms with E-state index in [4.69, 9.17) is 9.47 Å². The molecule has 1 aliphatic rings. The maximum Gasteiger partial charge on any atom is 0.390 e. The highest BCUT2D eigenvalue weighted by Gasteiger charge is 2.37. The smallest absolute Gasteiger partial charge is 0.390 e. The molecule has 1 saturated heterocycles. The van der Waals surface area contributed by atoms with Crippen LogP contribution in [0.25, 0.3) is 0 Å². The Morgan fingerprint density at radius 1 is 1.13 bits per heavy atom. The number of rotatable bonds is 5. The summed E-state index contributed by atoms with van der Waals surface area (Å²) in [7, 11) is 2.71. The average molecular weight is 336 g/mol. The third kappa shape index (κ3) is 4.48. The molecule has 8 heteroatoms. The van der Waals surface area contributed by atoms with Crippen LogP contribution in [0.1, 0.15) is 18.0 Å². The van der Waals surface area contributed by atoms with Crippen LogP contribution in [0, 0.1) is 5.82 Å². The molecule has 0 spiro atoms. The van der Waals surface area contributed by atoms with E-state index < -0.39 is 24.5 Å². The number of benzene rings is 1. The quantitative estimate of drug-likeness (QED) is 0.839. The van der Waals surface area contributed by atoms with Gasteiger partial charge in [-0.2, -0.15) is 13.2 Å². The van der Waals surface area contributed by atoms with E-state index in [1.807, 2.05) is 0 Å². The van der Waals surface area contributed by atoms with Crippen LogP contribution < -0.4 is 14.8 Å². The molecule has 0 bridgehead atoms. The Labute approximate surface area is 132 Å². The van der Waals surface area contributed by atoms with Crippen LogP contribution in [-0.2, 0) is 0 Å². The molecule has 0 saturated carbocycles. The SMILES string of the molecule is COc1cc(F)c([C@H](CC(F)(F)F)N2CCNCC2)cc1OC. The summed E-state index contributed by atoms with van der Waals surface area (Å²) < 4.78 is 63.4. The number of ether oxygens (including phenoxy) is 2. The molecule has 23 heavy (non-hydrogen) atoms. The van der Waals surface area contributed by atoms with Crippen molar-refractivity contribution in [1.82, 2.24) is 10.2 Å². The van der Waals surface area contributed by atoms with Gasteiger partial charge >= 0.3 is 6.18 Å². The number of nitrogens with one attached hydrogen (secondary N) is 1. The van der Waals surface area contributed by atoms with E-state index in [1.165, 1.54) is 20.3 Å². The van der Waals surface area contributed by atoms with Crippen molar-refractivity contribution in [3.05, 3.63) is 23.5 Å². The van der Waals surface area contributed by atoms with Gasteiger partial charge in [-0.3, -0.25) is 4.90 Å².